The molecule has 4 heterocycles. The molecule has 2 atom stereocenters. The summed E-state index contributed by atoms with van der Waals surface area (Å²) in [6, 6.07) is 12.1. The van der Waals surface area contributed by atoms with E-state index >= 15 is 4.39 Å². The number of methoxy groups -OCH3 is 1. The maximum Gasteiger partial charge on any atom is 0.416 e. The highest BCUT2D eigenvalue weighted by Crippen LogP contribution is 2.30. The third-order valence-corrected chi connectivity index (χ3v) is 9.12. The van der Waals surface area contributed by atoms with Crippen LogP contribution >= 0.6 is 0 Å². The van der Waals surface area contributed by atoms with Crippen molar-refractivity contribution in [3.8, 4) is 16.9 Å². The molecule has 2 aromatic carbocycles. The lowest BCUT2D eigenvalue weighted by Gasteiger charge is -2.47. The predicted octanol–water partition coefficient (Wildman–Crippen LogP) is 2.87. The van der Waals surface area contributed by atoms with Gasteiger partial charge in [-0.25, -0.2) is 29.2 Å². The van der Waals surface area contributed by atoms with Gasteiger partial charge in [0, 0.05) is 89.0 Å². The van der Waals surface area contributed by atoms with Crippen LogP contribution in [0.4, 0.5) is 26.5 Å². The summed E-state index contributed by atoms with van der Waals surface area (Å²) in [5, 5.41) is 4.59. The summed E-state index contributed by atoms with van der Waals surface area (Å²) in [5.41, 5.74) is 2.21. The number of cyclic esters (lactones) is 1. The highest BCUT2D eigenvalue weighted by Gasteiger charge is 2.37. The van der Waals surface area contributed by atoms with Crippen molar-refractivity contribution in [2.45, 2.75) is 26.1 Å². The Hall–Kier alpha value is -4.82. The molecule has 2 amide bonds. The number of likely N-dealkylation sites (N-methyl/N-ethyl adjacent to an activating group) is 1. The number of benzene rings is 2. The number of nitrogens with zero attached hydrogens (tertiary/aromatic N) is 8. The van der Waals surface area contributed by atoms with Crippen LogP contribution in [0.25, 0.3) is 11.1 Å². The number of hydrogen-bond donors (Lipinski definition) is 0. The summed E-state index contributed by atoms with van der Waals surface area (Å²) in [6.45, 7) is 8.32. The van der Waals surface area contributed by atoms with Gasteiger partial charge < -0.3 is 24.2 Å². The Morgan fingerprint density at radius 1 is 0.915 bits per heavy atom. The van der Waals surface area contributed by atoms with E-state index in [0.717, 1.165) is 44.2 Å². The molecule has 13 nitrogen and oxygen atoms in total. The minimum absolute atomic E-state index is 0.0260. The van der Waals surface area contributed by atoms with Crippen molar-refractivity contribution >= 4 is 35.1 Å². The molecule has 1 aromatic heterocycles. The first-order valence-corrected chi connectivity index (χ1v) is 15.6. The highest BCUT2D eigenvalue weighted by atomic mass is 19.1. The van der Waals surface area contributed by atoms with Crippen molar-refractivity contribution in [1.82, 2.24) is 24.9 Å². The van der Waals surface area contributed by atoms with Crippen LogP contribution in [0.3, 0.4) is 0 Å². The topological polar surface area (TPSA) is 115 Å². The van der Waals surface area contributed by atoms with E-state index in [9.17, 15) is 14.4 Å². The average Bonchev–Trinajstić information content (AvgIpc) is 3.49. The second-order valence-electron chi connectivity index (χ2n) is 11.9. The Kier molecular flexibility index (Phi) is 9.23. The molecular weight excluding hydrogens is 607 g/mol. The second kappa shape index (κ2) is 13.5. The van der Waals surface area contributed by atoms with Crippen molar-refractivity contribution in [2.75, 3.05) is 81.2 Å². The Bertz CT molecular complexity index is 1620. The zero-order chi connectivity index (χ0) is 33.2. The number of carbonyl (C=O) groups excluding carboxylic acids is 3. The Morgan fingerprint density at radius 2 is 1.57 bits per heavy atom. The molecule has 3 aliphatic rings. The first kappa shape index (κ1) is 32.1. The second-order valence-corrected chi connectivity index (χ2v) is 11.9. The van der Waals surface area contributed by atoms with Crippen molar-refractivity contribution in [1.29, 1.82) is 0 Å². The summed E-state index contributed by atoms with van der Waals surface area (Å²) < 4.78 is 25.9. The van der Waals surface area contributed by atoms with Crippen LogP contribution in [0.2, 0.25) is 0 Å². The largest absolute Gasteiger partial charge is 0.497 e. The number of piperazine rings is 2. The fourth-order valence-electron chi connectivity index (χ4n) is 6.22. The lowest BCUT2D eigenvalue weighted by Crippen LogP contribution is -2.63. The minimum atomic E-state index is -0.750. The molecule has 3 saturated heterocycles. The summed E-state index contributed by atoms with van der Waals surface area (Å²) in [5.74, 6) is 0.472. The van der Waals surface area contributed by atoms with Crippen LogP contribution in [-0.2, 0) is 14.3 Å². The van der Waals surface area contributed by atoms with E-state index in [4.69, 9.17) is 9.47 Å². The van der Waals surface area contributed by atoms with Gasteiger partial charge in [0.05, 0.1) is 19.3 Å². The summed E-state index contributed by atoms with van der Waals surface area (Å²) in [7, 11) is 3.21. The number of ether oxygens (including phenoxy) is 2. The van der Waals surface area contributed by atoms with Gasteiger partial charge in [0.15, 0.2) is 12.0 Å². The van der Waals surface area contributed by atoms with Crippen LogP contribution in [-0.4, -0.2) is 121 Å². The molecular formula is C33H39FN8O5. The summed E-state index contributed by atoms with van der Waals surface area (Å²) in [6.07, 6.45) is 1.69. The first-order valence-electron chi connectivity index (χ1n) is 15.6. The number of carbonyl (C=O) groups is 3. The van der Waals surface area contributed by atoms with E-state index in [1.807, 2.05) is 17.0 Å². The molecule has 6 rings (SSSR count). The van der Waals surface area contributed by atoms with Gasteiger partial charge in [-0.3, -0.25) is 14.5 Å². The van der Waals surface area contributed by atoms with Crippen molar-refractivity contribution in [3.05, 3.63) is 60.7 Å². The molecule has 47 heavy (non-hydrogen) atoms. The van der Waals surface area contributed by atoms with E-state index in [-0.39, 0.29) is 23.8 Å². The molecule has 3 aromatic rings. The van der Waals surface area contributed by atoms with Crippen LogP contribution in [0.5, 0.6) is 5.75 Å². The molecule has 248 valence electrons. The zero-order valence-corrected chi connectivity index (χ0v) is 27.0. The van der Waals surface area contributed by atoms with Gasteiger partial charge in [-0.05, 0) is 49.4 Å². The van der Waals surface area contributed by atoms with Gasteiger partial charge in [0.2, 0.25) is 11.9 Å². The molecule has 0 bridgehead atoms. The van der Waals surface area contributed by atoms with Crippen LogP contribution in [0.15, 0.2) is 54.9 Å². The number of ketones is 1. The molecule has 14 heteroatoms. The first-order chi connectivity index (χ1) is 22.6. The smallest absolute Gasteiger partial charge is 0.416 e. The van der Waals surface area contributed by atoms with E-state index in [2.05, 4.69) is 37.0 Å². The van der Waals surface area contributed by atoms with E-state index in [1.54, 1.807) is 45.6 Å². The maximum atomic E-state index is 15.3. The van der Waals surface area contributed by atoms with E-state index in [1.165, 1.54) is 22.8 Å². The Balaban J connectivity index is 1.08. The quantitative estimate of drug-likeness (QED) is 0.360. The minimum Gasteiger partial charge on any atom is -0.497 e. The average molecular weight is 647 g/mol. The van der Waals surface area contributed by atoms with E-state index in [0.29, 0.717) is 30.3 Å². The monoisotopic (exact) mass is 646 g/mol. The Morgan fingerprint density at radius 3 is 2.19 bits per heavy atom. The summed E-state index contributed by atoms with van der Waals surface area (Å²) >= 11 is 0. The zero-order valence-electron chi connectivity index (χ0n) is 27.0. The lowest BCUT2D eigenvalue weighted by molar-refractivity contribution is -0.134. The number of halogens is 1. The molecule has 3 aliphatic heterocycles. The van der Waals surface area contributed by atoms with Crippen molar-refractivity contribution < 1.29 is 28.2 Å². The van der Waals surface area contributed by atoms with Gasteiger partial charge in [-0.2, -0.15) is 0 Å². The normalized spacial score (nSPS) is 20.7. The molecule has 0 spiro atoms. The van der Waals surface area contributed by atoms with Gasteiger partial charge in [-0.1, -0.05) is 0 Å². The number of aromatic nitrogens is 2. The molecule has 0 aliphatic carbocycles. The van der Waals surface area contributed by atoms with Crippen LogP contribution in [0.1, 0.15) is 13.8 Å². The standard InChI is InChI=1S/C33H39FN8O5/c1-22(43)30-20-40(39-13-11-38(12-14-39)25-5-8-27(46-4)9-6-25)15-16-41(30)32-35-18-24(19-36-32)28-10-7-26(17-29(28)34)42-21-31(47-33(42)45)37(3)23(2)44/h5-10,17-19,30-31H,11-16,20-21H2,1-4H3. The molecule has 2 unspecified atom stereocenters. The number of anilines is 3. The van der Waals surface area contributed by atoms with Crippen LogP contribution < -0.4 is 19.4 Å². The highest BCUT2D eigenvalue weighted by molar-refractivity contribution is 5.90. The lowest BCUT2D eigenvalue weighted by atomic mass is 10.1. The van der Waals surface area contributed by atoms with Gasteiger partial charge in [-0.15, -0.1) is 0 Å². The molecule has 0 saturated carbocycles. The number of hydrazine groups is 1. The number of amides is 2. The fraction of sp³-hybridized carbons (Fsp3) is 0.424. The van der Waals surface area contributed by atoms with Gasteiger partial charge in [0.1, 0.15) is 17.6 Å². The van der Waals surface area contributed by atoms with Gasteiger partial charge in [0.25, 0.3) is 0 Å². The molecule has 3 fully saturated rings. The maximum absolute atomic E-state index is 15.3. The number of Topliss-reactive ketones (excluding diaryl/α,β-unsaturated/α-hetero) is 1. The number of hydrogen-bond acceptors (Lipinski definition) is 11. The third kappa shape index (κ3) is 6.69. The fourth-order valence-corrected chi connectivity index (χ4v) is 6.22. The summed E-state index contributed by atoms with van der Waals surface area (Å²) in [4.78, 5) is 52.9. The molecule has 0 radical (unpaired) electrons. The predicted molar refractivity (Wildman–Crippen MR) is 174 cm³/mol. The van der Waals surface area contributed by atoms with Crippen LogP contribution in [0, 0.1) is 5.82 Å². The van der Waals surface area contributed by atoms with Gasteiger partial charge >= 0.3 is 6.09 Å². The Labute approximate surface area is 273 Å². The number of rotatable bonds is 8. The van der Waals surface area contributed by atoms with E-state index < -0.39 is 24.2 Å². The third-order valence-electron chi connectivity index (χ3n) is 9.12. The van der Waals surface area contributed by atoms with Crippen molar-refractivity contribution in [3.63, 3.8) is 0 Å². The SMILES string of the molecule is COc1ccc(N2CCN(N3CCN(c4ncc(-c5ccc(N6CC(N(C)C(C)=O)OC6=O)cc5F)cn4)C(C(C)=O)C3)CC2)cc1. The molecule has 0 N–H and O–H groups in total. The van der Waals surface area contributed by atoms with Crippen molar-refractivity contribution in [2.24, 2.45) is 0 Å².